The largest absolute Gasteiger partial charge is 0.457 e. The van der Waals surface area contributed by atoms with Crippen molar-refractivity contribution in [3.63, 3.8) is 0 Å². The normalized spacial score (nSPS) is 17.5. The van der Waals surface area contributed by atoms with Crippen molar-refractivity contribution in [2.45, 2.75) is 138 Å². The van der Waals surface area contributed by atoms with Gasteiger partial charge in [0.2, 0.25) is 0 Å². The van der Waals surface area contributed by atoms with Crippen LogP contribution in [0.25, 0.3) is 66.8 Å². The molecule has 24 bridgehead atoms. The van der Waals surface area contributed by atoms with Gasteiger partial charge in [-0.3, -0.25) is 9.59 Å². The van der Waals surface area contributed by atoms with E-state index in [9.17, 15) is 9.59 Å². The molecular formula is C96H68F12O6. The molecular weight excluding hydrogens is 1480 g/mol. The third kappa shape index (κ3) is 11.3. The second-order valence-electron chi connectivity index (χ2n) is 34.2. The SMILES string of the molecule is CC1(C)CC23CC(C)(C)c4ccc(cc42)Oc2ccc(cc2C(F)(F)F)-c2ccc4c(c2)C(=O)c2cc(ccc2-4)-c2ccc(c(C(F)(F)F)c2)Oc2ccc4c(c2)C2(CC(C)(C)c5ccc(cc52)Oc2ccc(cc2C(F)(F)F)-c2ccc5c(c2)C(=O)c2cc(ccc2-5)-c2ccc(c(C(F)(F)F)c2)Oc2ccc1c3c2)CC4(C)C. The van der Waals surface area contributed by atoms with Crippen LogP contribution in [-0.2, 0) is 57.2 Å². The first kappa shape index (κ1) is 72.6. The molecule has 6 aliphatic carbocycles. The highest BCUT2D eigenvalue weighted by Gasteiger charge is 2.59. The summed E-state index contributed by atoms with van der Waals surface area (Å²) in [7, 11) is 0. The summed E-state index contributed by atoms with van der Waals surface area (Å²) in [6.07, 6.45) is -17.8. The maximum Gasteiger partial charge on any atom is 0.420 e. The number of carbonyl (C=O) groups excluding carboxylic acids is 2. The molecule has 7 aliphatic heterocycles. The molecule has 0 atom stereocenters. The van der Waals surface area contributed by atoms with Gasteiger partial charge < -0.3 is 18.9 Å². The molecule has 0 aromatic heterocycles. The number of halogens is 12. The van der Waals surface area contributed by atoms with E-state index < -0.39 is 114 Å². The Balaban J connectivity index is 0.719. The third-order valence-electron chi connectivity index (χ3n) is 24.9. The smallest absolute Gasteiger partial charge is 0.420 e. The molecule has 0 saturated carbocycles. The lowest BCUT2D eigenvalue weighted by atomic mass is 9.72. The van der Waals surface area contributed by atoms with Crippen molar-refractivity contribution in [2.24, 2.45) is 0 Å². The zero-order chi connectivity index (χ0) is 80.1. The minimum atomic E-state index is -4.95. The van der Waals surface area contributed by atoms with Crippen molar-refractivity contribution < 1.29 is 81.2 Å². The van der Waals surface area contributed by atoms with Crippen LogP contribution in [0.3, 0.4) is 0 Å². The number of hydrogen-bond acceptors (Lipinski definition) is 6. The standard InChI is InChI=1S/C96H68F12O6/c1-87(2)45-91-46-88(3,4)70-26-18-58(42-74(70)91)112-82-30-14-54(38-78(82)94(100,101)102)50-10-22-62-64-24-12-52(36-68(64)86(110)66(62)34-50)56-16-32-84(80(40-56)96(106,107)108)114-60-20-28-72-76(44-60)92(48-90(72,7)8)47-89(5,6)71-27-19-59(43-75(71)92)113-83-31-15-55(39-79(83)95(103,104)105)51-11-23-63-61-21-9-49(33-65(61)85(109)67(63)35-51)53-13-29-81(77(37-53)93(97,98)99)111-57-17-25-69(87)73(91)41-57/h9-44H,45-48H2,1-8H3. The van der Waals surface area contributed by atoms with Crippen molar-refractivity contribution >= 4 is 11.6 Å². The highest BCUT2D eigenvalue weighted by Crippen LogP contribution is 2.67. The molecule has 7 heterocycles. The van der Waals surface area contributed by atoms with Gasteiger partial charge in [-0.2, -0.15) is 52.7 Å². The minimum absolute atomic E-state index is 0.0948. The molecule has 0 N–H and O–H groups in total. The van der Waals surface area contributed by atoms with Gasteiger partial charge in [-0.15, -0.1) is 0 Å². The topological polar surface area (TPSA) is 71.1 Å². The fourth-order valence-electron chi connectivity index (χ4n) is 20.3. The summed E-state index contributed by atoms with van der Waals surface area (Å²) in [5.74, 6) is -2.63. The Hall–Kier alpha value is -11.7. The zero-order valence-corrected chi connectivity index (χ0v) is 62.6. The van der Waals surface area contributed by atoms with E-state index in [1.54, 1.807) is 97.1 Å². The van der Waals surface area contributed by atoms with Crippen molar-refractivity contribution in [3.8, 4) is 113 Å². The number of fused-ring (bicyclic) bond motifs is 2. The molecule has 18 heteroatoms. The van der Waals surface area contributed by atoms with Gasteiger partial charge in [0.05, 0.1) is 22.3 Å². The third-order valence-corrected chi connectivity index (χ3v) is 24.9. The van der Waals surface area contributed by atoms with Crippen molar-refractivity contribution in [2.75, 3.05) is 0 Å². The van der Waals surface area contributed by atoms with Crippen molar-refractivity contribution in [3.05, 3.63) is 307 Å². The van der Waals surface area contributed by atoms with Gasteiger partial charge in [0.25, 0.3) is 0 Å². The number of ether oxygens (including phenoxy) is 4. The predicted molar refractivity (Wildman–Crippen MR) is 411 cm³/mol. The van der Waals surface area contributed by atoms with Crippen LogP contribution in [0.2, 0.25) is 0 Å². The summed E-state index contributed by atoms with van der Waals surface area (Å²) in [6.45, 7) is 16.5. The van der Waals surface area contributed by atoms with Crippen molar-refractivity contribution in [1.29, 1.82) is 0 Å². The van der Waals surface area contributed by atoms with Crippen LogP contribution < -0.4 is 18.9 Å². The predicted octanol–water partition coefficient (Wildman–Crippen LogP) is 27.6. The highest BCUT2D eigenvalue weighted by atomic mass is 19.4. The molecule has 0 amide bonds. The van der Waals surface area contributed by atoms with E-state index in [-0.39, 0.29) is 89.8 Å². The molecule has 25 rings (SSSR count). The monoisotopic (exact) mass is 1540 g/mol. The molecule has 6 nitrogen and oxygen atoms in total. The lowest BCUT2D eigenvalue weighted by Crippen LogP contribution is -2.27. The summed E-state index contributed by atoms with van der Waals surface area (Å²) in [5.41, 5.74) is 2.61. The first-order valence-corrected chi connectivity index (χ1v) is 37.5. The molecule has 12 aromatic carbocycles. The van der Waals surface area contributed by atoms with Crippen LogP contribution in [0.1, 0.15) is 180 Å². The summed E-state index contributed by atoms with van der Waals surface area (Å²) in [6, 6.07) is 54.2. The Morgan fingerprint density at radius 3 is 0.623 bits per heavy atom. The molecule has 572 valence electrons. The summed E-state index contributed by atoms with van der Waals surface area (Å²) in [4.78, 5) is 29.1. The van der Waals surface area contributed by atoms with E-state index >= 15 is 52.7 Å². The van der Waals surface area contributed by atoms with Crippen LogP contribution in [-0.4, -0.2) is 11.6 Å². The van der Waals surface area contributed by atoms with E-state index in [1.165, 1.54) is 72.8 Å². The van der Waals surface area contributed by atoms with Crippen LogP contribution in [0.15, 0.2) is 218 Å². The number of benzene rings is 12. The summed E-state index contributed by atoms with van der Waals surface area (Å²) < 4.78 is 212. The first-order valence-electron chi connectivity index (χ1n) is 37.5. The Kier molecular flexibility index (Phi) is 15.3. The van der Waals surface area contributed by atoms with Gasteiger partial charge in [0.15, 0.2) is 11.6 Å². The van der Waals surface area contributed by atoms with Crippen LogP contribution in [0, 0.1) is 0 Å². The molecule has 13 aliphatic rings. The van der Waals surface area contributed by atoms with E-state index in [4.69, 9.17) is 18.9 Å². The molecule has 0 radical (unpaired) electrons. The fourth-order valence-corrected chi connectivity index (χ4v) is 20.3. The Bertz CT molecular complexity index is 5510. The zero-order valence-electron chi connectivity index (χ0n) is 62.6. The maximum atomic E-state index is 15.6. The lowest BCUT2D eigenvalue weighted by molar-refractivity contribution is -0.139. The highest BCUT2D eigenvalue weighted by molar-refractivity contribution is 6.23. The maximum absolute atomic E-state index is 15.6. The summed E-state index contributed by atoms with van der Waals surface area (Å²) in [5, 5.41) is 0. The van der Waals surface area contributed by atoms with Gasteiger partial charge in [0.1, 0.15) is 46.0 Å². The molecule has 12 aromatic rings. The summed E-state index contributed by atoms with van der Waals surface area (Å²) >= 11 is 0. The minimum Gasteiger partial charge on any atom is -0.457 e. The lowest BCUT2D eigenvalue weighted by Gasteiger charge is -2.31. The van der Waals surface area contributed by atoms with Crippen LogP contribution in [0.5, 0.6) is 46.0 Å². The molecule has 0 saturated heterocycles. The Morgan fingerprint density at radius 1 is 0.228 bits per heavy atom. The Morgan fingerprint density at radius 2 is 0.421 bits per heavy atom. The van der Waals surface area contributed by atoms with E-state index in [0.717, 1.165) is 68.8 Å². The molecule has 114 heavy (non-hydrogen) atoms. The first-order chi connectivity index (χ1) is 53.6. The van der Waals surface area contributed by atoms with Gasteiger partial charge in [-0.1, -0.05) is 152 Å². The number of ketones is 2. The number of rotatable bonds is 0. The van der Waals surface area contributed by atoms with Gasteiger partial charge in [-0.25, -0.2) is 0 Å². The average molecular weight is 1550 g/mol. The van der Waals surface area contributed by atoms with Gasteiger partial charge >= 0.3 is 24.7 Å². The quantitative estimate of drug-likeness (QED) is 0.141. The Labute approximate surface area is 648 Å². The van der Waals surface area contributed by atoms with E-state index in [0.29, 0.717) is 47.9 Å². The number of alkyl halides is 12. The second kappa shape index (κ2) is 24.0. The van der Waals surface area contributed by atoms with E-state index in [2.05, 4.69) is 55.4 Å². The molecule has 2 spiro atoms. The van der Waals surface area contributed by atoms with Gasteiger partial charge in [-0.05, 0) is 280 Å². The molecule has 0 fully saturated rings. The van der Waals surface area contributed by atoms with Gasteiger partial charge in [0, 0.05) is 33.1 Å². The molecule has 0 unspecified atom stereocenters. The number of carbonyl (C=O) groups is 2. The second-order valence-corrected chi connectivity index (χ2v) is 34.2. The van der Waals surface area contributed by atoms with E-state index in [1.807, 2.05) is 24.3 Å². The fraction of sp³-hybridized carbons (Fsp3) is 0.229. The number of hydrogen-bond donors (Lipinski definition) is 0. The van der Waals surface area contributed by atoms with Crippen molar-refractivity contribution in [1.82, 2.24) is 0 Å². The van der Waals surface area contributed by atoms with Crippen LogP contribution >= 0.6 is 0 Å². The average Bonchev–Trinajstić information content (AvgIpc) is 1.53. The van der Waals surface area contributed by atoms with Crippen LogP contribution in [0.4, 0.5) is 52.7 Å².